The summed E-state index contributed by atoms with van der Waals surface area (Å²) in [4.78, 5) is 0. The zero-order valence-electron chi connectivity index (χ0n) is 7.11. The third kappa shape index (κ3) is 4.26. The van der Waals surface area contributed by atoms with Crippen LogP contribution < -0.4 is 5.73 Å². The van der Waals surface area contributed by atoms with E-state index in [0.29, 0.717) is 6.42 Å². The monoisotopic (exact) mass is 313 g/mol. The number of hydrogen-bond acceptors (Lipinski definition) is 2. The van der Waals surface area contributed by atoms with Gasteiger partial charge in [-0.1, -0.05) is 12.1 Å². The van der Waals surface area contributed by atoms with Gasteiger partial charge in [0.05, 0.1) is 0 Å². The molecule has 0 radical (unpaired) electrons. The highest BCUT2D eigenvalue weighted by molar-refractivity contribution is 14.1. The van der Waals surface area contributed by atoms with Crippen LogP contribution in [0.1, 0.15) is 18.0 Å². The minimum absolute atomic E-state index is 0. The van der Waals surface area contributed by atoms with E-state index in [2.05, 4.69) is 22.6 Å². The molecule has 0 aliphatic heterocycles. The molecule has 1 aromatic rings. The highest BCUT2D eigenvalue weighted by Gasteiger charge is 2.04. The third-order valence-corrected chi connectivity index (χ3v) is 2.39. The largest absolute Gasteiger partial charge is 0.396 e. The first kappa shape index (κ1) is 13.2. The van der Waals surface area contributed by atoms with Crippen LogP contribution >= 0.6 is 35.0 Å². The second-order valence-corrected chi connectivity index (χ2v) is 3.92. The molecule has 0 fully saturated rings. The van der Waals surface area contributed by atoms with E-state index < -0.39 is 0 Å². The lowest BCUT2D eigenvalue weighted by molar-refractivity contribution is 0.276. The zero-order chi connectivity index (χ0) is 8.97. The molecule has 0 amide bonds. The SMILES string of the molecule is Cl.N[C@H](CCO)c1cccc(I)c1. The summed E-state index contributed by atoms with van der Waals surface area (Å²) in [7, 11) is 0. The van der Waals surface area contributed by atoms with Crippen molar-refractivity contribution in [2.75, 3.05) is 6.61 Å². The lowest BCUT2D eigenvalue weighted by Crippen LogP contribution is -2.11. The Morgan fingerprint density at radius 2 is 2.15 bits per heavy atom. The fraction of sp³-hybridized carbons (Fsp3) is 0.333. The van der Waals surface area contributed by atoms with Crippen molar-refractivity contribution in [2.45, 2.75) is 12.5 Å². The molecule has 1 atom stereocenters. The zero-order valence-corrected chi connectivity index (χ0v) is 10.1. The maximum atomic E-state index is 8.69. The van der Waals surface area contributed by atoms with Crippen molar-refractivity contribution >= 4 is 35.0 Å². The number of hydrogen-bond donors (Lipinski definition) is 2. The fourth-order valence-corrected chi connectivity index (χ4v) is 1.61. The van der Waals surface area contributed by atoms with Gasteiger partial charge in [0.2, 0.25) is 0 Å². The summed E-state index contributed by atoms with van der Waals surface area (Å²) in [5.74, 6) is 0. The molecule has 0 saturated heterocycles. The summed E-state index contributed by atoms with van der Waals surface area (Å²) < 4.78 is 1.18. The number of nitrogens with two attached hydrogens (primary N) is 1. The molecule has 13 heavy (non-hydrogen) atoms. The molecule has 74 valence electrons. The van der Waals surface area contributed by atoms with Crippen LogP contribution in [0.3, 0.4) is 0 Å². The van der Waals surface area contributed by atoms with Crippen LogP contribution in [0.2, 0.25) is 0 Å². The topological polar surface area (TPSA) is 46.2 Å². The first-order valence-corrected chi connectivity index (χ1v) is 4.94. The third-order valence-electron chi connectivity index (χ3n) is 1.72. The standard InChI is InChI=1S/C9H12INO.ClH/c10-8-3-1-2-7(6-8)9(11)4-5-12;/h1-3,6,9,12H,4-5,11H2;1H/t9-;/m1./s1. The van der Waals surface area contributed by atoms with Crippen molar-refractivity contribution in [3.05, 3.63) is 33.4 Å². The summed E-state index contributed by atoms with van der Waals surface area (Å²) in [6.45, 7) is 0.145. The van der Waals surface area contributed by atoms with Crippen LogP contribution in [0.15, 0.2) is 24.3 Å². The molecule has 0 unspecified atom stereocenters. The molecule has 0 saturated carbocycles. The van der Waals surface area contributed by atoms with Crippen LogP contribution in [-0.4, -0.2) is 11.7 Å². The van der Waals surface area contributed by atoms with Crippen molar-refractivity contribution in [3.63, 3.8) is 0 Å². The minimum atomic E-state index is -0.0373. The second kappa shape index (κ2) is 6.59. The van der Waals surface area contributed by atoms with Crippen LogP contribution in [0.5, 0.6) is 0 Å². The summed E-state index contributed by atoms with van der Waals surface area (Å²) in [5, 5.41) is 8.69. The van der Waals surface area contributed by atoms with Crippen LogP contribution in [0.25, 0.3) is 0 Å². The Morgan fingerprint density at radius 3 is 2.69 bits per heavy atom. The Bertz CT molecular complexity index is 257. The van der Waals surface area contributed by atoms with Gasteiger partial charge in [0, 0.05) is 16.2 Å². The molecule has 0 aromatic heterocycles. The lowest BCUT2D eigenvalue weighted by atomic mass is 10.1. The van der Waals surface area contributed by atoms with Gasteiger partial charge in [-0.15, -0.1) is 12.4 Å². The molecule has 1 rings (SSSR count). The average molecular weight is 314 g/mol. The number of benzene rings is 1. The Kier molecular flexibility index (Phi) is 6.67. The van der Waals surface area contributed by atoms with Gasteiger partial charge in [0.1, 0.15) is 0 Å². The van der Waals surface area contributed by atoms with Crippen molar-refractivity contribution < 1.29 is 5.11 Å². The maximum absolute atomic E-state index is 8.69. The molecule has 0 aliphatic rings. The number of rotatable bonds is 3. The number of aliphatic hydroxyl groups is 1. The molecule has 0 bridgehead atoms. The van der Waals surface area contributed by atoms with E-state index in [0.717, 1.165) is 5.56 Å². The number of halogens is 2. The van der Waals surface area contributed by atoms with Crippen LogP contribution in [0.4, 0.5) is 0 Å². The maximum Gasteiger partial charge on any atom is 0.0449 e. The summed E-state index contributed by atoms with van der Waals surface area (Å²) in [5.41, 5.74) is 6.90. The summed E-state index contributed by atoms with van der Waals surface area (Å²) in [6.07, 6.45) is 0.625. The molecule has 1 aromatic carbocycles. The lowest BCUT2D eigenvalue weighted by Gasteiger charge is -2.09. The first-order chi connectivity index (χ1) is 5.74. The first-order valence-electron chi connectivity index (χ1n) is 3.86. The Morgan fingerprint density at radius 1 is 1.46 bits per heavy atom. The smallest absolute Gasteiger partial charge is 0.0449 e. The Labute approximate surface area is 98.1 Å². The van der Waals surface area contributed by atoms with Crippen molar-refractivity contribution in [2.24, 2.45) is 5.73 Å². The molecule has 0 aliphatic carbocycles. The summed E-state index contributed by atoms with van der Waals surface area (Å²) in [6, 6.07) is 8.00. The highest BCUT2D eigenvalue weighted by Crippen LogP contribution is 2.15. The van der Waals surface area contributed by atoms with E-state index in [9.17, 15) is 0 Å². The van der Waals surface area contributed by atoms with E-state index in [1.165, 1.54) is 3.57 Å². The molecule has 2 nitrogen and oxygen atoms in total. The van der Waals surface area contributed by atoms with E-state index in [1.54, 1.807) is 0 Å². The van der Waals surface area contributed by atoms with Crippen molar-refractivity contribution in [1.29, 1.82) is 0 Å². The predicted octanol–water partition coefficient (Wildman–Crippen LogP) is 2.10. The Balaban J connectivity index is 0.00000144. The van der Waals surface area contributed by atoms with Crippen molar-refractivity contribution in [3.8, 4) is 0 Å². The molecule has 4 heteroatoms. The minimum Gasteiger partial charge on any atom is -0.396 e. The van der Waals surface area contributed by atoms with Crippen LogP contribution in [-0.2, 0) is 0 Å². The van der Waals surface area contributed by atoms with Crippen LogP contribution in [0, 0.1) is 3.57 Å². The van der Waals surface area contributed by atoms with Gasteiger partial charge >= 0.3 is 0 Å². The molecule has 0 spiro atoms. The second-order valence-electron chi connectivity index (χ2n) is 2.67. The van der Waals surface area contributed by atoms with E-state index in [1.807, 2.05) is 24.3 Å². The normalized spacial score (nSPS) is 11.9. The fourth-order valence-electron chi connectivity index (χ4n) is 1.04. The Hall–Kier alpha value is 0.160. The molecular formula is C9H13ClINO. The molecule has 0 heterocycles. The molecule has 3 N–H and O–H groups in total. The van der Waals surface area contributed by atoms with Crippen molar-refractivity contribution in [1.82, 2.24) is 0 Å². The predicted molar refractivity (Wildman–Crippen MR) is 65.0 cm³/mol. The average Bonchev–Trinajstić information content (AvgIpc) is 2.05. The summed E-state index contributed by atoms with van der Waals surface area (Å²) >= 11 is 2.25. The quantitative estimate of drug-likeness (QED) is 0.840. The van der Waals surface area contributed by atoms with Gasteiger partial charge in [0.15, 0.2) is 0 Å². The van der Waals surface area contributed by atoms with Gasteiger partial charge < -0.3 is 10.8 Å². The van der Waals surface area contributed by atoms with E-state index in [-0.39, 0.29) is 25.1 Å². The molecular weight excluding hydrogens is 300 g/mol. The van der Waals surface area contributed by atoms with Gasteiger partial charge in [-0.2, -0.15) is 0 Å². The van der Waals surface area contributed by atoms with Gasteiger partial charge in [0.25, 0.3) is 0 Å². The number of aliphatic hydroxyl groups excluding tert-OH is 1. The van der Waals surface area contributed by atoms with Gasteiger partial charge in [-0.05, 0) is 46.7 Å². The van der Waals surface area contributed by atoms with Gasteiger partial charge in [-0.3, -0.25) is 0 Å². The highest BCUT2D eigenvalue weighted by atomic mass is 127. The van der Waals surface area contributed by atoms with E-state index in [4.69, 9.17) is 10.8 Å². The van der Waals surface area contributed by atoms with Gasteiger partial charge in [-0.25, -0.2) is 0 Å². The van der Waals surface area contributed by atoms with E-state index >= 15 is 0 Å².